The van der Waals surface area contributed by atoms with Gasteiger partial charge >= 0.3 is 6.09 Å². The van der Waals surface area contributed by atoms with Gasteiger partial charge in [-0.2, -0.15) is 0 Å². The van der Waals surface area contributed by atoms with Crippen molar-refractivity contribution in [2.24, 2.45) is 5.92 Å². The van der Waals surface area contributed by atoms with Gasteiger partial charge < -0.3 is 19.5 Å². The fourth-order valence-corrected chi connectivity index (χ4v) is 3.80. The molecule has 0 radical (unpaired) electrons. The Morgan fingerprint density at radius 1 is 1.34 bits per heavy atom. The first-order valence-corrected chi connectivity index (χ1v) is 10.4. The summed E-state index contributed by atoms with van der Waals surface area (Å²) in [4.78, 5) is 14.0. The molecule has 0 aliphatic carbocycles. The molecular weight excluding hydrogens is 366 g/mol. The first-order valence-electron chi connectivity index (χ1n) is 10.4. The van der Waals surface area contributed by atoms with E-state index in [0.29, 0.717) is 5.92 Å². The topological polar surface area (TPSA) is 67.6 Å². The molecule has 1 aromatic heterocycles. The van der Waals surface area contributed by atoms with Crippen molar-refractivity contribution in [3.8, 4) is 0 Å². The smallest absolute Gasteiger partial charge is 0.410 e. The number of allylic oxidation sites excluding steroid dienone is 1. The van der Waals surface area contributed by atoms with Crippen LogP contribution in [0.1, 0.15) is 58.2 Å². The zero-order valence-electron chi connectivity index (χ0n) is 18.3. The molecule has 0 saturated carbocycles. The molecule has 2 heterocycles. The Bertz CT molecular complexity index is 887. The number of amides is 1. The molecule has 0 bridgehead atoms. The summed E-state index contributed by atoms with van der Waals surface area (Å²) in [5.74, 6) is 0.589. The molecule has 1 saturated heterocycles. The summed E-state index contributed by atoms with van der Waals surface area (Å²) < 4.78 is 11.1. The molecule has 2 aromatic rings. The molecule has 1 N–H and O–H groups in total. The lowest BCUT2D eigenvalue weighted by Crippen LogP contribution is -2.41. The van der Waals surface area contributed by atoms with Gasteiger partial charge in [0.05, 0.1) is 5.69 Å². The van der Waals surface area contributed by atoms with Gasteiger partial charge in [0.2, 0.25) is 0 Å². The number of hydrogen-bond acceptors (Lipinski definition) is 5. The molecule has 0 spiro atoms. The van der Waals surface area contributed by atoms with E-state index in [1.807, 2.05) is 39.5 Å². The van der Waals surface area contributed by atoms with Crippen molar-refractivity contribution < 1.29 is 14.1 Å². The fourth-order valence-electron chi connectivity index (χ4n) is 3.80. The van der Waals surface area contributed by atoms with E-state index < -0.39 is 5.60 Å². The Hall–Kier alpha value is -2.50. The zero-order valence-corrected chi connectivity index (χ0v) is 18.3. The largest absolute Gasteiger partial charge is 0.444 e. The van der Waals surface area contributed by atoms with Gasteiger partial charge in [0, 0.05) is 35.4 Å². The summed E-state index contributed by atoms with van der Waals surface area (Å²) in [5, 5.41) is 8.68. The molecule has 1 aliphatic rings. The summed E-state index contributed by atoms with van der Waals surface area (Å²) in [6, 6.07) is 4.14. The van der Waals surface area contributed by atoms with Crippen LogP contribution in [0, 0.1) is 12.8 Å². The van der Waals surface area contributed by atoms with E-state index >= 15 is 0 Å². The minimum Gasteiger partial charge on any atom is -0.444 e. The number of anilines is 1. The van der Waals surface area contributed by atoms with Gasteiger partial charge in [-0.25, -0.2) is 4.79 Å². The van der Waals surface area contributed by atoms with E-state index in [1.165, 1.54) is 0 Å². The Balaban J connectivity index is 1.56. The molecule has 158 valence electrons. The van der Waals surface area contributed by atoms with Crippen molar-refractivity contribution in [3.05, 3.63) is 35.7 Å². The average Bonchev–Trinajstić information content (AvgIpc) is 3.05. The minimum absolute atomic E-state index is 0.201. The number of aromatic nitrogens is 1. The van der Waals surface area contributed by atoms with E-state index in [2.05, 4.69) is 29.2 Å². The van der Waals surface area contributed by atoms with Crippen molar-refractivity contribution in [2.75, 3.05) is 18.4 Å². The maximum atomic E-state index is 12.2. The molecule has 1 fully saturated rings. The van der Waals surface area contributed by atoms with E-state index in [0.717, 1.165) is 72.4 Å². The lowest BCUT2D eigenvalue weighted by atomic mass is 9.91. The van der Waals surface area contributed by atoms with Crippen LogP contribution in [-0.4, -0.2) is 34.8 Å². The summed E-state index contributed by atoms with van der Waals surface area (Å²) >= 11 is 0. The maximum absolute atomic E-state index is 12.2. The van der Waals surface area contributed by atoms with Crippen LogP contribution in [0.2, 0.25) is 0 Å². The molecule has 3 rings (SSSR count). The Labute approximate surface area is 173 Å². The molecule has 0 unspecified atom stereocenters. The van der Waals surface area contributed by atoms with Crippen molar-refractivity contribution in [1.29, 1.82) is 0 Å². The van der Waals surface area contributed by atoms with Crippen molar-refractivity contribution in [2.45, 2.75) is 65.9 Å². The van der Waals surface area contributed by atoms with Gasteiger partial charge in [-0.3, -0.25) is 0 Å². The van der Waals surface area contributed by atoms with Gasteiger partial charge in [0.25, 0.3) is 0 Å². The number of likely N-dealkylation sites (tertiary alicyclic amines) is 1. The lowest BCUT2D eigenvalue weighted by molar-refractivity contribution is 0.0181. The third-order valence-corrected chi connectivity index (χ3v) is 5.37. The second-order valence-corrected chi connectivity index (χ2v) is 9.10. The highest BCUT2D eigenvalue weighted by molar-refractivity contribution is 5.87. The zero-order chi connectivity index (χ0) is 21.2. The number of rotatable bonds is 5. The van der Waals surface area contributed by atoms with Gasteiger partial charge in [-0.05, 0) is 78.4 Å². The molecule has 6 nitrogen and oxygen atoms in total. The lowest BCUT2D eigenvalue weighted by Gasteiger charge is -2.33. The monoisotopic (exact) mass is 399 g/mol. The SMILES string of the molecule is C=C(C)Nc1ccc2c(CCC3CCN(C(=O)OC(C)(C)C)CC3)noc2c1C. The summed E-state index contributed by atoms with van der Waals surface area (Å²) in [7, 11) is 0. The number of nitrogens with zero attached hydrogens (tertiary/aromatic N) is 2. The normalized spacial score (nSPS) is 15.6. The van der Waals surface area contributed by atoms with Crippen LogP contribution in [-0.2, 0) is 11.2 Å². The quantitative estimate of drug-likeness (QED) is 0.702. The molecule has 1 amide bonds. The number of ether oxygens (including phenoxy) is 1. The molecule has 6 heteroatoms. The number of aryl methyl sites for hydroxylation is 2. The number of piperidine rings is 1. The second-order valence-electron chi connectivity index (χ2n) is 9.10. The maximum Gasteiger partial charge on any atom is 0.410 e. The molecule has 1 aliphatic heterocycles. The number of benzene rings is 1. The third kappa shape index (κ3) is 5.31. The molecule has 1 aromatic carbocycles. The minimum atomic E-state index is -0.445. The summed E-state index contributed by atoms with van der Waals surface area (Å²) in [6.07, 6.45) is 3.74. The highest BCUT2D eigenvalue weighted by Gasteiger charge is 2.27. The van der Waals surface area contributed by atoms with Crippen molar-refractivity contribution in [3.63, 3.8) is 0 Å². The Morgan fingerprint density at radius 3 is 2.66 bits per heavy atom. The van der Waals surface area contributed by atoms with Gasteiger partial charge in [-0.15, -0.1) is 0 Å². The Kier molecular flexibility index (Phi) is 6.20. The van der Waals surface area contributed by atoms with Gasteiger partial charge in [0.1, 0.15) is 5.60 Å². The number of nitrogens with one attached hydrogen (secondary N) is 1. The summed E-state index contributed by atoms with van der Waals surface area (Å²) in [5.41, 5.74) is 4.35. The van der Waals surface area contributed by atoms with Crippen LogP contribution in [0.4, 0.5) is 10.5 Å². The van der Waals surface area contributed by atoms with Crippen molar-refractivity contribution >= 4 is 22.7 Å². The summed E-state index contributed by atoms with van der Waals surface area (Å²) in [6.45, 7) is 15.1. The highest BCUT2D eigenvalue weighted by atomic mass is 16.6. The van der Waals surface area contributed by atoms with E-state index in [1.54, 1.807) is 0 Å². The van der Waals surface area contributed by atoms with Crippen LogP contribution < -0.4 is 5.32 Å². The third-order valence-electron chi connectivity index (χ3n) is 5.37. The fraction of sp³-hybridized carbons (Fsp3) is 0.565. The van der Waals surface area contributed by atoms with Crippen LogP contribution in [0.15, 0.2) is 28.9 Å². The first kappa shape index (κ1) is 21.2. The van der Waals surface area contributed by atoms with Gasteiger partial charge in [-0.1, -0.05) is 11.7 Å². The number of carbonyl (C=O) groups is 1. The van der Waals surface area contributed by atoms with Crippen molar-refractivity contribution in [1.82, 2.24) is 10.1 Å². The van der Waals surface area contributed by atoms with E-state index in [9.17, 15) is 4.79 Å². The van der Waals surface area contributed by atoms with Gasteiger partial charge in [0.15, 0.2) is 5.58 Å². The van der Waals surface area contributed by atoms with Crippen LogP contribution in [0.25, 0.3) is 11.0 Å². The number of hydrogen-bond donors (Lipinski definition) is 1. The van der Waals surface area contributed by atoms with Crippen LogP contribution in [0.5, 0.6) is 0 Å². The predicted octanol–water partition coefficient (Wildman–Crippen LogP) is 5.66. The van der Waals surface area contributed by atoms with Crippen LogP contribution >= 0.6 is 0 Å². The van der Waals surface area contributed by atoms with Crippen LogP contribution in [0.3, 0.4) is 0 Å². The van der Waals surface area contributed by atoms with E-state index in [-0.39, 0.29) is 6.09 Å². The Morgan fingerprint density at radius 2 is 2.03 bits per heavy atom. The first-order chi connectivity index (χ1) is 13.6. The van der Waals surface area contributed by atoms with E-state index in [4.69, 9.17) is 9.26 Å². The second kappa shape index (κ2) is 8.47. The highest BCUT2D eigenvalue weighted by Crippen LogP contribution is 2.30. The molecule has 0 atom stereocenters. The number of fused-ring (bicyclic) bond motifs is 1. The average molecular weight is 400 g/mol. The standard InChI is InChI=1S/C23H33N3O3/c1-15(2)24-19-10-8-18-20(25-29-21(18)16(19)3)9-7-17-11-13-26(14-12-17)22(27)28-23(4,5)6/h8,10,17,24H,1,7,9,11-14H2,2-6H3. The molecular formula is C23H33N3O3. The predicted molar refractivity (Wildman–Crippen MR) is 116 cm³/mol. The number of carbonyl (C=O) groups excluding carboxylic acids is 1. The molecule has 29 heavy (non-hydrogen) atoms.